The van der Waals surface area contributed by atoms with Gasteiger partial charge in [0, 0.05) is 5.56 Å². The van der Waals surface area contributed by atoms with E-state index in [2.05, 4.69) is 34.4 Å². The maximum absolute atomic E-state index is 5.41. The Morgan fingerprint density at radius 1 is 0.679 bits per heavy atom. The molecule has 0 N–H and O–H groups in total. The molecule has 28 heavy (non-hydrogen) atoms. The van der Waals surface area contributed by atoms with Crippen LogP contribution in [0.4, 0.5) is 0 Å². The fourth-order valence-electron chi connectivity index (χ4n) is 2.96. The van der Waals surface area contributed by atoms with Gasteiger partial charge in [0.2, 0.25) is 11.7 Å². The standard InChI is InChI=1S/C23H20N2O3/c1-26-20-11-7-18(8-12-20)17-5-3-16(4-6-17)15-22-24-23(25-28-22)19-9-13-21(27-2)14-10-19/h3-14H,15H2,1-2H3. The summed E-state index contributed by atoms with van der Waals surface area (Å²) in [5, 5.41) is 4.08. The van der Waals surface area contributed by atoms with E-state index < -0.39 is 0 Å². The SMILES string of the molecule is COc1ccc(-c2ccc(Cc3nc(-c4ccc(OC)cc4)no3)cc2)cc1. The van der Waals surface area contributed by atoms with E-state index in [1.165, 1.54) is 0 Å². The summed E-state index contributed by atoms with van der Waals surface area (Å²) in [6.07, 6.45) is 0.589. The molecule has 0 saturated heterocycles. The normalized spacial score (nSPS) is 10.6. The number of aromatic nitrogens is 2. The molecule has 140 valence electrons. The van der Waals surface area contributed by atoms with Crippen LogP contribution in [-0.2, 0) is 6.42 Å². The number of ether oxygens (including phenoxy) is 2. The van der Waals surface area contributed by atoms with Crippen molar-refractivity contribution in [3.63, 3.8) is 0 Å². The third-order valence-corrected chi connectivity index (χ3v) is 4.55. The van der Waals surface area contributed by atoms with Gasteiger partial charge in [0.1, 0.15) is 11.5 Å². The van der Waals surface area contributed by atoms with E-state index in [1.807, 2.05) is 48.5 Å². The van der Waals surface area contributed by atoms with Crippen LogP contribution < -0.4 is 9.47 Å². The van der Waals surface area contributed by atoms with Gasteiger partial charge >= 0.3 is 0 Å². The lowest BCUT2D eigenvalue weighted by atomic mass is 10.0. The molecule has 0 fully saturated rings. The number of hydrogen-bond donors (Lipinski definition) is 0. The van der Waals surface area contributed by atoms with Gasteiger partial charge in [-0.25, -0.2) is 0 Å². The van der Waals surface area contributed by atoms with Crippen LogP contribution in [0.25, 0.3) is 22.5 Å². The van der Waals surface area contributed by atoms with E-state index >= 15 is 0 Å². The molecule has 5 heteroatoms. The minimum absolute atomic E-state index is 0.576. The minimum atomic E-state index is 0.576. The first-order valence-electron chi connectivity index (χ1n) is 8.95. The van der Waals surface area contributed by atoms with Crippen LogP contribution in [0.15, 0.2) is 77.3 Å². The van der Waals surface area contributed by atoms with Gasteiger partial charge in [0.25, 0.3) is 0 Å². The monoisotopic (exact) mass is 372 g/mol. The van der Waals surface area contributed by atoms with E-state index in [-0.39, 0.29) is 0 Å². The van der Waals surface area contributed by atoms with Crippen molar-refractivity contribution in [1.82, 2.24) is 10.1 Å². The van der Waals surface area contributed by atoms with Gasteiger partial charge in [-0.15, -0.1) is 0 Å². The zero-order valence-electron chi connectivity index (χ0n) is 15.8. The van der Waals surface area contributed by atoms with Crippen molar-refractivity contribution in [1.29, 1.82) is 0 Å². The van der Waals surface area contributed by atoms with Gasteiger partial charge in [-0.1, -0.05) is 41.6 Å². The molecule has 1 aromatic heterocycles. The third-order valence-electron chi connectivity index (χ3n) is 4.55. The third kappa shape index (κ3) is 3.88. The number of hydrogen-bond acceptors (Lipinski definition) is 5. The van der Waals surface area contributed by atoms with Crippen molar-refractivity contribution in [3.05, 3.63) is 84.3 Å². The van der Waals surface area contributed by atoms with Crippen LogP contribution in [0.5, 0.6) is 11.5 Å². The molecule has 0 spiro atoms. The maximum Gasteiger partial charge on any atom is 0.231 e. The summed E-state index contributed by atoms with van der Waals surface area (Å²) in [6, 6.07) is 24.0. The smallest absolute Gasteiger partial charge is 0.231 e. The fraction of sp³-hybridized carbons (Fsp3) is 0.130. The van der Waals surface area contributed by atoms with Crippen LogP contribution in [0, 0.1) is 0 Å². The second-order valence-corrected chi connectivity index (χ2v) is 6.34. The quantitative estimate of drug-likeness (QED) is 0.476. The summed E-state index contributed by atoms with van der Waals surface area (Å²) >= 11 is 0. The van der Waals surface area contributed by atoms with Gasteiger partial charge in [-0.05, 0) is 53.1 Å². The molecule has 0 atom stereocenters. The lowest BCUT2D eigenvalue weighted by Gasteiger charge is -2.05. The molecule has 0 unspecified atom stereocenters. The number of nitrogens with zero attached hydrogens (tertiary/aromatic N) is 2. The number of methoxy groups -OCH3 is 2. The molecule has 5 nitrogen and oxygen atoms in total. The van der Waals surface area contributed by atoms with E-state index in [0.29, 0.717) is 18.1 Å². The molecule has 0 saturated carbocycles. The first kappa shape index (κ1) is 17.8. The van der Waals surface area contributed by atoms with Crippen LogP contribution in [0.3, 0.4) is 0 Å². The lowest BCUT2D eigenvalue weighted by molar-refractivity contribution is 0.385. The summed E-state index contributed by atoms with van der Waals surface area (Å²) in [6.45, 7) is 0. The van der Waals surface area contributed by atoms with Crippen molar-refractivity contribution < 1.29 is 14.0 Å². The highest BCUT2D eigenvalue weighted by molar-refractivity contribution is 5.64. The molecule has 1 heterocycles. The summed E-state index contributed by atoms with van der Waals surface area (Å²) in [4.78, 5) is 4.50. The van der Waals surface area contributed by atoms with E-state index in [0.717, 1.165) is 33.8 Å². The molecule has 4 rings (SSSR count). The minimum Gasteiger partial charge on any atom is -0.497 e. The predicted molar refractivity (Wildman–Crippen MR) is 108 cm³/mol. The van der Waals surface area contributed by atoms with Gasteiger partial charge in [0.15, 0.2) is 0 Å². The zero-order chi connectivity index (χ0) is 19.3. The average Bonchev–Trinajstić information content (AvgIpc) is 3.23. The fourth-order valence-corrected chi connectivity index (χ4v) is 2.96. The first-order chi connectivity index (χ1) is 13.7. The Hall–Kier alpha value is -3.60. The van der Waals surface area contributed by atoms with Gasteiger partial charge < -0.3 is 14.0 Å². The van der Waals surface area contributed by atoms with E-state index in [9.17, 15) is 0 Å². The average molecular weight is 372 g/mol. The summed E-state index contributed by atoms with van der Waals surface area (Å²) < 4.78 is 15.8. The molecule has 0 amide bonds. The Balaban J connectivity index is 1.46. The van der Waals surface area contributed by atoms with Gasteiger partial charge in [-0.3, -0.25) is 0 Å². The van der Waals surface area contributed by atoms with Gasteiger partial charge in [0.05, 0.1) is 20.6 Å². The van der Waals surface area contributed by atoms with Crippen LogP contribution in [0.1, 0.15) is 11.5 Å². The van der Waals surface area contributed by atoms with Crippen LogP contribution >= 0.6 is 0 Å². The molecule has 0 bridgehead atoms. The maximum atomic E-state index is 5.41. The Bertz CT molecular complexity index is 1040. The molecule has 3 aromatic carbocycles. The second-order valence-electron chi connectivity index (χ2n) is 6.34. The Morgan fingerprint density at radius 2 is 1.18 bits per heavy atom. The van der Waals surface area contributed by atoms with E-state index in [4.69, 9.17) is 14.0 Å². The van der Waals surface area contributed by atoms with Crippen LogP contribution in [0.2, 0.25) is 0 Å². The van der Waals surface area contributed by atoms with E-state index in [1.54, 1.807) is 14.2 Å². The Kier molecular flexibility index (Phi) is 5.06. The highest BCUT2D eigenvalue weighted by Crippen LogP contribution is 2.24. The molecular formula is C23H20N2O3. The van der Waals surface area contributed by atoms with Crippen molar-refractivity contribution >= 4 is 0 Å². The Labute approximate surface area is 163 Å². The largest absolute Gasteiger partial charge is 0.497 e. The van der Waals surface area contributed by atoms with Crippen LogP contribution in [-0.4, -0.2) is 24.4 Å². The molecule has 0 radical (unpaired) electrons. The zero-order valence-corrected chi connectivity index (χ0v) is 15.8. The summed E-state index contributed by atoms with van der Waals surface area (Å²) in [7, 11) is 3.31. The molecule has 0 aliphatic carbocycles. The molecule has 0 aliphatic rings. The van der Waals surface area contributed by atoms with Crippen molar-refractivity contribution in [3.8, 4) is 34.0 Å². The molecular weight excluding hydrogens is 352 g/mol. The summed E-state index contributed by atoms with van der Waals surface area (Å²) in [5.74, 6) is 2.81. The highest BCUT2D eigenvalue weighted by Gasteiger charge is 2.10. The molecule has 4 aromatic rings. The second kappa shape index (κ2) is 7.96. The van der Waals surface area contributed by atoms with Crippen molar-refractivity contribution in [2.45, 2.75) is 6.42 Å². The van der Waals surface area contributed by atoms with Crippen molar-refractivity contribution in [2.75, 3.05) is 14.2 Å². The lowest BCUT2D eigenvalue weighted by Crippen LogP contribution is -1.89. The first-order valence-corrected chi connectivity index (χ1v) is 8.95. The number of rotatable bonds is 6. The Morgan fingerprint density at radius 3 is 1.71 bits per heavy atom. The topological polar surface area (TPSA) is 57.4 Å². The number of benzene rings is 3. The van der Waals surface area contributed by atoms with Crippen molar-refractivity contribution in [2.24, 2.45) is 0 Å². The summed E-state index contributed by atoms with van der Waals surface area (Å²) in [5.41, 5.74) is 4.30. The highest BCUT2D eigenvalue weighted by atomic mass is 16.5. The molecule has 0 aliphatic heterocycles. The predicted octanol–water partition coefficient (Wildman–Crippen LogP) is 5.01. The van der Waals surface area contributed by atoms with Gasteiger partial charge in [-0.2, -0.15) is 4.98 Å².